The van der Waals surface area contributed by atoms with Crippen LogP contribution in [-0.4, -0.2) is 40.9 Å². The molecule has 0 spiro atoms. The van der Waals surface area contributed by atoms with Crippen molar-refractivity contribution in [1.29, 1.82) is 0 Å². The quantitative estimate of drug-likeness (QED) is 0.126. The monoisotopic (exact) mass is 572 g/mol. The predicted molar refractivity (Wildman–Crippen MR) is 145 cm³/mol. The number of carbonyl (C=O) groups excluding carboxylic acids is 1. The van der Waals surface area contributed by atoms with Crippen LogP contribution in [-0.2, 0) is 25.2 Å². The zero-order valence-electron chi connectivity index (χ0n) is 23.4. The van der Waals surface area contributed by atoms with E-state index in [4.69, 9.17) is 20.6 Å². The molecule has 11 heteroatoms. The maximum absolute atomic E-state index is 13.2. The number of ether oxygens (including phenoxy) is 3. The molecule has 1 aromatic heterocycles. The number of aromatic nitrogens is 2. The molecule has 1 aromatic rings. The fourth-order valence-corrected chi connectivity index (χ4v) is 4.79. The molecule has 0 amide bonds. The first-order valence-electron chi connectivity index (χ1n) is 14.5. The van der Waals surface area contributed by atoms with Crippen LogP contribution in [0.1, 0.15) is 115 Å². The average Bonchev–Trinajstić information content (AvgIpc) is 3.30. The van der Waals surface area contributed by atoms with Gasteiger partial charge in [-0.25, -0.2) is 4.79 Å². The highest BCUT2D eigenvalue weighted by Crippen LogP contribution is 2.32. The lowest BCUT2D eigenvalue weighted by atomic mass is 10.0. The number of terminal acetylenes is 1. The van der Waals surface area contributed by atoms with Crippen LogP contribution in [0.5, 0.6) is 0 Å². The number of H-pyrrole nitrogens is 1. The third-order valence-corrected chi connectivity index (χ3v) is 7.04. The van der Waals surface area contributed by atoms with Crippen LogP contribution in [0.3, 0.4) is 0 Å². The Labute approximate surface area is 234 Å². The molecule has 1 saturated heterocycles. The Morgan fingerprint density at radius 2 is 1.62 bits per heavy atom. The van der Waals surface area contributed by atoms with Gasteiger partial charge in [0.2, 0.25) is 0 Å². The molecule has 8 nitrogen and oxygen atoms in total. The number of alkyl halides is 3. The number of nitrogens with one attached hydrogen (secondary N) is 1. The summed E-state index contributed by atoms with van der Waals surface area (Å²) in [7, 11) is 0. The fourth-order valence-electron chi connectivity index (χ4n) is 4.79. The number of rotatable bonds is 19. The highest BCUT2D eigenvalue weighted by molar-refractivity contribution is 5.69. The molecule has 1 fully saturated rings. The summed E-state index contributed by atoms with van der Waals surface area (Å²) in [6.07, 6.45) is 13.7. The highest BCUT2D eigenvalue weighted by atomic mass is 19.4. The summed E-state index contributed by atoms with van der Waals surface area (Å²) in [4.78, 5) is 37.7. The van der Waals surface area contributed by atoms with Gasteiger partial charge >= 0.3 is 17.8 Å². The molecule has 1 aliphatic heterocycles. The Kier molecular flexibility index (Phi) is 15.1. The van der Waals surface area contributed by atoms with E-state index in [1.54, 1.807) is 4.98 Å². The topological polar surface area (TPSA) is 99.6 Å². The number of hydrogen-bond acceptors (Lipinski definition) is 6. The molecule has 1 N–H and O–H groups in total. The maximum atomic E-state index is 13.2. The number of aromatic amines is 1. The van der Waals surface area contributed by atoms with Crippen LogP contribution in [0.2, 0.25) is 0 Å². The van der Waals surface area contributed by atoms with Crippen molar-refractivity contribution in [3.8, 4) is 12.3 Å². The summed E-state index contributed by atoms with van der Waals surface area (Å²) < 4.78 is 56.8. The summed E-state index contributed by atoms with van der Waals surface area (Å²) in [6.45, 7) is 1.93. The third kappa shape index (κ3) is 11.9. The fraction of sp³-hybridized carbons (Fsp3) is 0.759. The van der Waals surface area contributed by atoms with Gasteiger partial charge in [0.05, 0.1) is 6.10 Å². The molecule has 3 atom stereocenters. The summed E-state index contributed by atoms with van der Waals surface area (Å²) >= 11 is 0. The first kappa shape index (κ1) is 33.6. The minimum atomic E-state index is -4.95. The number of halogens is 3. The van der Waals surface area contributed by atoms with Crippen LogP contribution >= 0.6 is 0 Å². The normalized spacial score (nSPS) is 19.0. The number of carbonyl (C=O) groups is 1. The van der Waals surface area contributed by atoms with E-state index in [2.05, 4.69) is 12.8 Å². The zero-order valence-corrected chi connectivity index (χ0v) is 23.4. The summed E-state index contributed by atoms with van der Waals surface area (Å²) in [6, 6.07) is 0. The molecule has 0 saturated carbocycles. The van der Waals surface area contributed by atoms with Crippen molar-refractivity contribution in [2.24, 2.45) is 0 Å². The largest absolute Gasteiger partial charge is 0.463 e. The van der Waals surface area contributed by atoms with Crippen LogP contribution in [0.25, 0.3) is 0 Å². The minimum absolute atomic E-state index is 0.0218. The van der Waals surface area contributed by atoms with Gasteiger partial charge in [-0.1, -0.05) is 89.9 Å². The zero-order chi connectivity index (χ0) is 29.4. The van der Waals surface area contributed by atoms with Gasteiger partial charge in [-0.2, -0.15) is 13.2 Å². The average molecular weight is 573 g/mol. The smallest absolute Gasteiger partial charge is 0.423 e. The molecule has 40 heavy (non-hydrogen) atoms. The second-order valence-corrected chi connectivity index (χ2v) is 10.3. The highest BCUT2D eigenvalue weighted by Gasteiger charge is 2.40. The van der Waals surface area contributed by atoms with E-state index in [0.717, 1.165) is 19.3 Å². The predicted octanol–water partition coefficient (Wildman–Crippen LogP) is 5.89. The molecular weight excluding hydrogens is 529 g/mol. The Morgan fingerprint density at radius 3 is 2.17 bits per heavy atom. The van der Waals surface area contributed by atoms with Crippen molar-refractivity contribution in [2.75, 3.05) is 13.2 Å². The van der Waals surface area contributed by atoms with E-state index in [1.807, 2.05) is 0 Å². The van der Waals surface area contributed by atoms with Gasteiger partial charge in [0.15, 0.2) is 0 Å². The number of nitrogens with zero attached hydrogens (tertiary/aromatic N) is 1. The van der Waals surface area contributed by atoms with Crippen molar-refractivity contribution in [3.05, 3.63) is 32.6 Å². The van der Waals surface area contributed by atoms with Crippen molar-refractivity contribution in [2.45, 2.75) is 128 Å². The molecule has 2 rings (SSSR count). The molecule has 2 heterocycles. The first-order chi connectivity index (χ1) is 19.2. The Morgan fingerprint density at radius 1 is 1.05 bits per heavy atom. The van der Waals surface area contributed by atoms with Gasteiger partial charge < -0.3 is 14.2 Å². The van der Waals surface area contributed by atoms with E-state index in [0.29, 0.717) is 17.2 Å². The van der Waals surface area contributed by atoms with E-state index in [-0.39, 0.29) is 26.1 Å². The van der Waals surface area contributed by atoms with E-state index in [1.165, 1.54) is 57.8 Å². The Hall–Kier alpha value is -2.58. The lowest BCUT2D eigenvalue weighted by molar-refractivity contribution is -0.151. The van der Waals surface area contributed by atoms with Crippen molar-refractivity contribution >= 4 is 5.97 Å². The first-order valence-corrected chi connectivity index (χ1v) is 14.5. The van der Waals surface area contributed by atoms with Crippen molar-refractivity contribution in [1.82, 2.24) is 9.55 Å². The second-order valence-electron chi connectivity index (χ2n) is 10.3. The van der Waals surface area contributed by atoms with Gasteiger partial charge in [-0.3, -0.25) is 19.1 Å². The molecule has 1 aliphatic rings. The van der Waals surface area contributed by atoms with E-state index in [9.17, 15) is 27.6 Å². The van der Waals surface area contributed by atoms with Gasteiger partial charge in [-0.05, 0) is 6.42 Å². The molecule has 0 aliphatic carbocycles. The lowest BCUT2D eigenvalue weighted by Crippen LogP contribution is -2.36. The third-order valence-electron chi connectivity index (χ3n) is 7.04. The van der Waals surface area contributed by atoms with E-state index < -0.39 is 47.4 Å². The van der Waals surface area contributed by atoms with E-state index >= 15 is 0 Å². The van der Waals surface area contributed by atoms with Gasteiger partial charge in [0.25, 0.3) is 5.56 Å². The molecule has 0 radical (unpaired) electrons. The molecule has 0 aromatic carbocycles. The molecular formula is C29H43F3N2O6. The van der Waals surface area contributed by atoms with Gasteiger partial charge in [0.1, 0.15) is 31.1 Å². The Bertz CT molecular complexity index is 1050. The minimum Gasteiger partial charge on any atom is -0.463 e. The molecule has 0 unspecified atom stereocenters. The maximum Gasteiger partial charge on any atom is 0.423 e. The lowest BCUT2D eigenvalue weighted by Gasteiger charge is -2.18. The Balaban J connectivity index is 1.72. The summed E-state index contributed by atoms with van der Waals surface area (Å²) in [5.74, 6) is 1.89. The van der Waals surface area contributed by atoms with Gasteiger partial charge in [0, 0.05) is 19.0 Å². The number of hydrogen-bond donors (Lipinski definition) is 1. The van der Waals surface area contributed by atoms with Crippen LogP contribution in [0, 0.1) is 12.3 Å². The van der Waals surface area contributed by atoms with Crippen LogP contribution < -0.4 is 11.2 Å². The summed E-state index contributed by atoms with van der Waals surface area (Å²) in [5.41, 5.74) is -4.12. The van der Waals surface area contributed by atoms with Crippen molar-refractivity contribution in [3.63, 3.8) is 0 Å². The van der Waals surface area contributed by atoms with Crippen LogP contribution in [0.15, 0.2) is 15.8 Å². The number of unbranched alkanes of at least 4 members (excludes halogenated alkanes) is 12. The standard InChI is InChI=1S/C29H43F3N2O6/c1-3-5-6-7-8-9-10-11-12-13-14-15-16-17-26(35)39-21-24-23(38-18-4-2)19-25(40-24)34-20-22(29(30,31)32)27(36)33-28(34)37/h2,20,23-25H,3,5-19,21H2,1H3,(H,33,36,37)/t23-,24+,25+/m0/s1. The SMILES string of the molecule is C#CCO[C@H]1C[C@H](n2cc(C(F)(F)F)c(=O)[nH]c2=O)O[C@@H]1COC(=O)CCCCCCCCCCCCCCC. The number of esters is 1. The molecule has 226 valence electrons. The molecule has 0 bridgehead atoms. The van der Waals surface area contributed by atoms with Crippen LogP contribution in [0.4, 0.5) is 13.2 Å². The second kappa shape index (κ2) is 18.0. The summed E-state index contributed by atoms with van der Waals surface area (Å²) in [5, 5.41) is 0. The van der Waals surface area contributed by atoms with Crippen molar-refractivity contribution < 1.29 is 32.2 Å². The van der Waals surface area contributed by atoms with Gasteiger partial charge in [-0.15, -0.1) is 6.42 Å².